The van der Waals surface area contributed by atoms with Crippen LogP contribution in [0.15, 0.2) is 36.4 Å². The van der Waals surface area contributed by atoms with Crippen LogP contribution in [-0.2, 0) is 6.54 Å². The Balaban J connectivity index is 1.59. The Morgan fingerprint density at radius 1 is 1.09 bits per heavy atom. The van der Waals surface area contributed by atoms with Gasteiger partial charge in [0, 0.05) is 19.6 Å². The smallest absolute Gasteiger partial charge is 0.274 e. The third-order valence-corrected chi connectivity index (χ3v) is 3.66. The van der Waals surface area contributed by atoms with E-state index >= 15 is 0 Å². The number of carbonyl (C=O) groups excluding carboxylic acids is 1. The summed E-state index contributed by atoms with van der Waals surface area (Å²) in [6.07, 6.45) is 2.10. The van der Waals surface area contributed by atoms with Crippen molar-refractivity contribution in [2.45, 2.75) is 19.4 Å². The van der Waals surface area contributed by atoms with Crippen LogP contribution in [0.5, 0.6) is 0 Å². The van der Waals surface area contributed by atoms with E-state index in [9.17, 15) is 9.18 Å². The second kappa shape index (κ2) is 6.51. The highest BCUT2D eigenvalue weighted by atomic mass is 19.1. The van der Waals surface area contributed by atoms with E-state index < -0.39 is 0 Å². The fourth-order valence-electron chi connectivity index (χ4n) is 2.42. The van der Waals surface area contributed by atoms with E-state index in [0.717, 1.165) is 31.5 Å². The zero-order valence-electron chi connectivity index (χ0n) is 12.1. The number of hydrogen-bond acceptors (Lipinski definition) is 4. The van der Waals surface area contributed by atoms with Crippen LogP contribution in [0.1, 0.15) is 28.9 Å². The zero-order chi connectivity index (χ0) is 15.4. The summed E-state index contributed by atoms with van der Waals surface area (Å²) in [5.41, 5.74) is 1.31. The summed E-state index contributed by atoms with van der Waals surface area (Å²) in [6.45, 7) is 2.12. The number of likely N-dealkylation sites (tertiary alicyclic amines) is 1. The molecule has 1 aliphatic rings. The molecule has 3 rings (SSSR count). The molecule has 1 aromatic carbocycles. The molecule has 5 nitrogen and oxygen atoms in total. The van der Waals surface area contributed by atoms with E-state index in [1.807, 2.05) is 0 Å². The maximum absolute atomic E-state index is 12.8. The van der Waals surface area contributed by atoms with Crippen LogP contribution in [-0.4, -0.2) is 34.1 Å². The Morgan fingerprint density at radius 3 is 2.45 bits per heavy atom. The Bertz CT molecular complexity index is 636. The summed E-state index contributed by atoms with van der Waals surface area (Å²) in [7, 11) is 0. The predicted octanol–water partition coefficient (Wildman–Crippen LogP) is 2.46. The molecule has 2 aromatic rings. The second-order valence-corrected chi connectivity index (χ2v) is 5.28. The summed E-state index contributed by atoms with van der Waals surface area (Å²) < 4.78 is 12.8. The molecule has 0 saturated carbocycles. The molecule has 0 radical (unpaired) electrons. The van der Waals surface area contributed by atoms with Gasteiger partial charge in [0.1, 0.15) is 11.6 Å². The fourth-order valence-corrected chi connectivity index (χ4v) is 2.42. The van der Waals surface area contributed by atoms with Gasteiger partial charge < -0.3 is 10.2 Å². The number of nitrogens with zero attached hydrogens (tertiary/aromatic N) is 3. The van der Waals surface area contributed by atoms with E-state index in [2.05, 4.69) is 15.5 Å². The van der Waals surface area contributed by atoms with Gasteiger partial charge in [-0.2, -0.15) is 0 Å². The first-order valence-electron chi connectivity index (χ1n) is 7.34. The molecule has 0 aliphatic carbocycles. The Labute approximate surface area is 128 Å². The highest BCUT2D eigenvalue weighted by molar-refractivity contribution is 5.92. The van der Waals surface area contributed by atoms with Gasteiger partial charge in [-0.1, -0.05) is 12.1 Å². The van der Waals surface area contributed by atoms with Crippen LogP contribution >= 0.6 is 0 Å². The average Bonchev–Trinajstić information content (AvgIpc) is 3.09. The minimum Gasteiger partial charge on any atom is -0.365 e. The molecule has 2 heterocycles. The maximum Gasteiger partial charge on any atom is 0.274 e. The van der Waals surface area contributed by atoms with Crippen molar-refractivity contribution in [3.05, 3.63) is 53.5 Å². The third-order valence-electron chi connectivity index (χ3n) is 3.66. The van der Waals surface area contributed by atoms with E-state index in [1.54, 1.807) is 29.2 Å². The van der Waals surface area contributed by atoms with E-state index in [0.29, 0.717) is 18.1 Å². The van der Waals surface area contributed by atoms with Crippen molar-refractivity contribution in [1.82, 2.24) is 15.1 Å². The molecule has 1 saturated heterocycles. The van der Waals surface area contributed by atoms with Crippen LogP contribution in [0.25, 0.3) is 0 Å². The van der Waals surface area contributed by atoms with Gasteiger partial charge in [-0.3, -0.25) is 4.79 Å². The number of rotatable bonds is 4. The number of carbonyl (C=O) groups is 1. The average molecular weight is 300 g/mol. The molecule has 22 heavy (non-hydrogen) atoms. The molecule has 114 valence electrons. The highest BCUT2D eigenvalue weighted by Gasteiger charge is 2.20. The van der Waals surface area contributed by atoms with Gasteiger partial charge in [-0.05, 0) is 42.7 Å². The molecule has 6 heteroatoms. The molecular formula is C16H17FN4O. The summed E-state index contributed by atoms with van der Waals surface area (Å²) in [5.74, 6) is 0.269. The topological polar surface area (TPSA) is 58.1 Å². The van der Waals surface area contributed by atoms with Gasteiger partial charge in [-0.15, -0.1) is 10.2 Å². The van der Waals surface area contributed by atoms with Crippen molar-refractivity contribution in [2.75, 3.05) is 18.4 Å². The lowest BCUT2D eigenvalue weighted by Crippen LogP contribution is -2.28. The Morgan fingerprint density at radius 2 is 1.82 bits per heavy atom. The molecule has 1 amide bonds. The highest BCUT2D eigenvalue weighted by Crippen LogP contribution is 2.12. The minimum atomic E-state index is -0.256. The quantitative estimate of drug-likeness (QED) is 0.942. The summed E-state index contributed by atoms with van der Waals surface area (Å²) in [5, 5.41) is 11.1. The molecule has 1 aromatic heterocycles. The summed E-state index contributed by atoms with van der Waals surface area (Å²) in [6, 6.07) is 9.67. The van der Waals surface area contributed by atoms with Gasteiger partial charge in [0.25, 0.3) is 5.91 Å². The SMILES string of the molecule is O=C(c1ccc(NCc2ccc(F)cc2)nn1)N1CCCC1. The predicted molar refractivity (Wildman–Crippen MR) is 80.9 cm³/mol. The molecule has 1 N–H and O–H groups in total. The number of hydrogen-bond donors (Lipinski definition) is 1. The first-order chi connectivity index (χ1) is 10.7. The van der Waals surface area contributed by atoms with Crippen molar-refractivity contribution < 1.29 is 9.18 Å². The van der Waals surface area contributed by atoms with Gasteiger partial charge in [0.2, 0.25) is 0 Å². The van der Waals surface area contributed by atoms with E-state index in [-0.39, 0.29) is 11.7 Å². The van der Waals surface area contributed by atoms with Crippen molar-refractivity contribution in [3.63, 3.8) is 0 Å². The second-order valence-electron chi connectivity index (χ2n) is 5.28. The molecule has 0 atom stereocenters. The van der Waals surface area contributed by atoms with Crippen LogP contribution in [0.4, 0.5) is 10.2 Å². The Kier molecular flexibility index (Phi) is 4.27. The summed E-state index contributed by atoms with van der Waals surface area (Å²) in [4.78, 5) is 13.9. The monoisotopic (exact) mass is 300 g/mol. The van der Waals surface area contributed by atoms with Crippen molar-refractivity contribution in [3.8, 4) is 0 Å². The molecule has 0 unspecified atom stereocenters. The van der Waals surface area contributed by atoms with Crippen LogP contribution < -0.4 is 5.32 Å². The number of aromatic nitrogens is 2. The molecule has 1 fully saturated rings. The maximum atomic E-state index is 12.8. The van der Waals surface area contributed by atoms with E-state index in [4.69, 9.17) is 0 Å². The number of benzene rings is 1. The molecule has 1 aliphatic heterocycles. The van der Waals surface area contributed by atoms with Crippen LogP contribution in [0, 0.1) is 5.82 Å². The Hall–Kier alpha value is -2.50. The molecular weight excluding hydrogens is 283 g/mol. The van der Waals surface area contributed by atoms with Crippen LogP contribution in [0.3, 0.4) is 0 Å². The largest absolute Gasteiger partial charge is 0.365 e. The lowest BCUT2D eigenvalue weighted by Gasteiger charge is -2.14. The first kappa shape index (κ1) is 14.4. The van der Waals surface area contributed by atoms with Gasteiger partial charge in [-0.25, -0.2) is 4.39 Å². The molecule has 0 bridgehead atoms. The fraction of sp³-hybridized carbons (Fsp3) is 0.312. The van der Waals surface area contributed by atoms with Gasteiger partial charge >= 0.3 is 0 Å². The van der Waals surface area contributed by atoms with Crippen LogP contribution in [0.2, 0.25) is 0 Å². The van der Waals surface area contributed by atoms with Gasteiger partial charge in [0.05, 0.1) is 0 Å². The number of amides is 1. The third kappa shape index (κ3) is 3.39. The van der Waals surface area contributed by atoms with Crippen molar-refractivity contribution in [2.24, 2.45) is 0 Å². The normalized spacial score (nSPS) is 14.1. The summed E-state index contributed by atoms with van der Waals surface area (Å²) >= 11 is 0. The zero-order valence-corrected chi connectivity index (χ0v) is 12.1. The number of nitrogens with one attached hydrogen (secondary N) is 1. The molecule has 0 spiro atoms. The lowest BCUT2D eigenvalue weighted by atomic mass is 10.2. The van der Waals surface area contributed by atoms with Crippen molar-refractivity contribution >= 4 is 11.7 Å². The van der Waals surface area contributed by atoms with E-state index in [1.165, 1.54) is 12.1 Å². The number of anilines is 1. The lowest BCUT2D eigenvalue weighted by molar-refractivity contribution is 0.0786. The minimum absolute atomic E-state index is 0.0601. The first-order valence-corrected chi connectivity index (χ1v) is 7.34. The van der Waals surface area contributed by atoms with Gasteiger partial charge in [0.15, 0.2) is 5.69 Å². The number of halogens is 1. The standard InChI is InChI=1S/C16H17FN4O/c17-13-5-3-12(4-6-13)11-18-15-8-7-14(19-20-15)16(22)21-9-1-2-10-21/h3-8H,1-2,9-11H2,(H,18,20). The van der Waals surface area contributed by atoms with Crippen molar-refractivity contribution in [1.29, 1.82) is 0 Å².